The zero-order chi connectivity index (χ0) is 16.9. The van der Waals surface area contributed by atoms with Crippen molar-refractivity contribution < 1.29 is 17.6 Å². The number of sulfonamides is 1. The summed E-state index contributed by atoms with van der Waals surface area (Å²) in [4.78, 5) is 12.2. The minimum Gasteiger partial charge on any atom is -0.356 e. The molecule has 5 nitrogen and oxygen atoms in total. The number of hydrogen-bond acceptors (Lipinski definition) is 3. The maximum Gasteiger partial charge on any atom is 0.243 e. The summed E-state index contributed by atoms with van der Waals surface area (Å²) in [5.41, 5.74) is 0. The predicted molar refractivity (Wildman–Crippen MR) is 85.8 cm³/mol. The first-order valence-electron chi connectivity index (χ1n) is 7.98. The minimum atomic E-state index is -3.68. The maximum atomic E-state index is 13.0. The summed E-state index contributed by atoms with van der Waals surface area (Å²) >= 11 is 0. The molecule has 7 heteroatoms. The molecule has 1 aromatic carbocycles. The van der Waals surface area contributed by atoms with Crippen molar-refractivity contribution in [3.63, 3.8) is 0 Å². The molecule has 128 valence electrons. The summed E-state index contributed by atoms with van der Waals surface area (Å²) in [7, 11) is -3.68. The zero-order valence-corrected chi connectivity index (χ0v) is 14.1. The van der Waals surface area contributed by atoms with Crippen LogP contribution in [0.3, 0.4) is 0 Å². The van der Waals surface area contributed by atoms with Gasteiger partial charge in [0.25, 0.3) is 0 Å². The Bertz CT molecular complexity index is 631. The minimum absolute atomic E-state index is 0.0611. The van der Waals surface area contributed by atoms with Crippen molar-refractivity contribution >= 4 is 15.9 Å². The normalized spacial score (nSPS) is 19.5. The summed E-state index contributed by atoms with van der Waals surface area (Å²) in [5, 5.41) is 2.86. The molecule has 0 aromatic heterocycles. The molecule has 1 fully saturated rings. The van der Waals surface area contributed by atoms with E-state index in [-0.39, 0.29) is 23.3 Å². The molecule has 0 saturated carbocycles. The summed E-state index contributed by atoms with van der Waals surface area (Å²) < 4.78 is 39.5. The average Bonchev–Trinajstić information content (AvgIpc) is 2.55. The van der Waals surface area contributed by atoms with Crippen LogP contribution in [0.5, 0.6) is 0 Å². The third-order valence-electron chi connectivity index (χ3n) is 4.04. The second-order valence-corrected chi connectivity index (χ2v) is 7.74. The second-order valence-electron chi connectivity index (χ2n) is 5.80. The van der Waals surface area contributed by atoms with E-state index in [1.807, 2.05) is 6.92 Å². The van der Waals surface area contributed by atoms with Crippen LogP contribution in [0.1, 0.15) is 32.6 Å². The average molecular weight is 342 g/mol. The van der Waals surface area contributed by atoms with Crippen LogP contribution in [-0.4, -0.2) is 38.3 Å². The number of unbranched alkanes of at least 4 members (excludes halogenated alkanes) is 1. The number of halogens is 1. The lowest BCUT2D eigenvalue weighted by molar-refractivity contribution is -0.126. The van der Waals surface area contributed by atoms with E-state index in [1.165, 1.54) is 16.4 Å². The Balaban J connectivity index is 2.05. The molecule has 1 amide bonds. The van der Waals surface area contributed by atoms with Gasteiger partial charge in [0, 0.05) is 19.6 Å². The fourth-order valence-corrected chi connectivity index (χ4v) is 4.19. The van der Waals surface area contributed by atoms with Crippen molar-refractivity contribution in [2.24, 2.45) is 5.92 Å². The van der Waals surface area contributed by atoms with E-state index in [1.54, 1.807) is 0 Å². The number of carbonyl (C=O) groups excluding carboxylic acids is 1. The Labute approximate surface area is 136 Å². The summed E-state index contributed by atoms with van der Waals surface area (Å²) in [6.07, 6.45) is 3.24. The number of nitrogens with one attached hydrogen (secondary N) is 1. The fourth-order valence-electron chi connectivity index (χ4n) is 2.66. The van der Waals surface area contributed by atoms with Gasteiger partial charge >= 0.3 is 0 Å². The monoisotopic (exact) mass is 342 g/mol. The molecule has 0 spiro atoms. The third-order valence-corrected chi connectivity index (χ3v) is 5.92. The van der Waals surface area contributed by atoms with Gasteiger partial charge in [-0.05, 0) is 43.5 Å². The molecule has 1 aromatic rings. The molecule has 1 N–H and O–H groups in total. The van der Waals surface area contributed by atoms with Crippen LogP contribution in [0.2, 0.25) is 0 Å². The molecule has 1 aliphatic rings. The van der Waals surface area contributed by atoms with Crippen molar-refractivity contribution in [2.75, 3.05) is 19.6 Å². The van der Waals surface area contributed by atoms with Gasteiger partial charge in [0.15, 0.2) is 0 Å². The first-order chi connectivity index (χ1) is 10.9. The van der Waals surface area contributed by atoms with E-state index in [2.05, 4.69) is 5.32 Å². The Kier molecular flexibility index (Phi) is 6.12. The van der Waals surface area contributed by atoms with Gasteiger partial charge in [-0.2, -0.15) is 4.31 Å². The lowest BCUT2D eigenvalue weighted by atomic mass is 9.99. The van der Waals surface area contributed by atoms with E-state index in [9.17, 15) is 17.6 Å². The van der Waals surface area contributed by atoms with Gasteiger partial charge in [-0.3, -0.25) is 4.79 Å². The summed E-state index contributed by atoms with van der Waals surface area (Å²) in [6, 6.07) is 4.78. The molecule has 0 bridgehead atoms. The quantitative estimate of drug-likeness (QED) is 0.806. The van der Waals surface area contributed by atoms with E-state index in [0.29, 0.717) is 25.9 Å². The van der Waals surface area contributed by atoms with E-state index in [4.69, 9.17) is 0 Å². The van der Waals surface area contributed by atoms with Crippen LogP contribution in [0.15, 0.2) is 29.2 Å². The molecule has 0 aliphatic carbocycles. The van der Waals surface area contributed by atoms with Gasteiger partial charge in [0.05, 0.1) is 10.8 Å². The molecule has 2 rings (SSSR count). The highest BCUT2D eigenvalue weighted by Crippen LogP contribution is 2.24. The molecule has 1 atom stereocenters. The molecule has 1 saturated heterocycles. The van der Waals surface area contributed by atoms with Gasteiger partial charge in [-0.25, -0.2) is 12.8 Å². The number of hydrogen-bond donors (Lipinski definition) is 1. The second kappa shape index (κ2) is 7.88. The first-order valence-corrected chi connectivity index (χ1v) is 9.42. The Morgan fingerprint density at radius 2 is 2.04 bits per heavy atom. The molecular weight excluding hydrogens is 319 g/mol. The number of benzene rings is 1. The van der Waals surface area contributed by atoms with Gasteiger partial charge < -0.3 is 5.32 Å². The van der Waals surface area contributed by atoms with E-state index in [0.717, 1.165) is 25.0 Å². The smallest absolute Gasteiger partial charge is 0.243 e. The zero-order valence-electron chi connectivity index (χ0n) is 13.3. The van der Waals surface area contributed by atoms with Gasteiger partial charge in [-0.1, -0.05) is 13.3 Å². The topological polar surface area (TPSA) is 66.5 Å². The SMILES string of the molecule is CCCCNC(=O)C1CCCN(S(=O)(=O)c2ccc(F)cc2)C1. The third kappa shape index (κ3) is 4.51. The number of nitrogens with zero attached hydrogens (tertiary/aromatic N) is 1. The number of piperidine rings is 1. The lowest BCUT2D eigenvalue weighted by Crippen LogP contribution is -2.45. The largest absolute Gasteiger partial charge is 0.356 e. The van der Waals surface area contributed by atoms with Gasteiger partial charge in [0.1, 0.15) is 5.82 Å². The molecule has 0 radical (unpaired) electrons. The number of amides is 1. The molecule has 1 aliphatic heterocycles. The highest BCUT2D eigenvalue weighted by Gasteiger charge is 2.33. The van der Waals surface area contributed by atoms with Crippen LogP contribution in [-0.2, 0) is 14.8 Å². The van der Waals surface area contributed by atoms with Crippen molar-refractivity contribution in [3.8, 4) is 0 Å². The summed E-state index contributed by atoms with van der Waals surface area (Å²) in [5.74, 6) is -0.885. The van der Waals surface area contributed by atoms with Crippen LogP contribution < -0.4 is 5.32 Å². The van der Waals surface area contributed by atoms with Crippen molar-refractivity contribution in [3.05, 3.63) is 30.1 Å². The van der Waals surface area contributed by atoms with E-state index < -0.39 is 15.8 Å². The molecular formula is C16H23FN2O3S. The van der Waals surface area contributed by atoms with Crippen LogP contribution in [0, 0.1) is 11.7 Å². The van der Waals surface area contributed by atoms with Gasteiger partial charge in [-0.15, -0.1) is 0 Å². The predicted octanol–water partition coefficient (Wildman–Crippen LogP) is 2.14. The Morgan fingerprint density at radius 3 is 2.70 bits per heavy atom. The first kappa shape index (κ1) is 17.9. The standard InChI is InChI=1S/C16H23FN2O3S/c1-2-3-10-18-16(20)13-5-4-11-19(12-13)23(21,22)15-8-6-14(17)7-9-15/h6-9,13H,2-5,10-12H2,1H3,(H,18,20). The highest BCUT2D eigenvalue weighted by molar-refractivity contribution is 7.89. The van der Waals surface area contributed by atoms with Crippen LogP contribution >= 0.6 is 0 Å². The van der Waals surface area contributed by atoms with Crippen molar-refractivity contribution in [1.82, 2.24) is 9.62 Å². The highest BCUT2D eigenvalue weighted by atomic mass is 32.2. The molecule has 23 heavy (non-hydrogen) atoms. The van der Waals surface area contributed by atoms with Gasteiger partial charge in [0.2, 0.25) is 15.9 Å². The molecule has 1 unspecified atom stereocenters. The van der Waals surface area contributed by atoms with Crippen molar-refractivity contribution in [2.45, 2.75) is 37.5 Å². The lowest BCUT2D eigenvalue weighted by Gasteiger charge is -2.31. The fraction of sp³-hybridized carbons (Fsp3) is 0.562. The summed E-state index contributed by atoms with van der Waals surface area (Å²) in [6.45, 7) is 3.23. The number of rotatable bonds is 6. The Morgan fingerprint density at radius 1 is 1.35 bits per heavy atom. The number of carbonyl (C=O) groups is 1. The van der Waals surface area contributed by atoms with Crippen molar-refractivity contribution in [1.29, 1.82) is 0 Å². The Hall–Kier alpha value is -1.47. The van der Waals surface area contributed by atoms with Crippen LogP contribution in [0.4, 0.5) is 4.39 Å². The van der Waals surface area contributed by atoms with E-state index >= 15 is 0 Å². The maximum absolute atomic E-state index is 13.0. The molecule has 1 heterocycles. The van der Waals surface area contributed by atoms with Crippen LogP contribution in [0.25, 0.3) is 0 Å².